The standard InChI is InChI=1S/C24H34O6/c1-14(25)16-6-9-18-19-11-22(28-3)23(12-21(19)30-24(26)20(18)10-16)29-13-15-4-7-17(27-2)8-5-15/h7,10,15,18-21,24,26H,4-6,8-9,11-13H2,1-3H3/t15-,18?,19+,20-,21+,24+/m1/s1. The summed E-state index contributed by atoms with van der Waals surface area (Å²) in [5.41, 5.74) is 0.817. The zero-order valence-electron chi connectivity index (χ0n) is 18.3. The Labute approximate surface area is 178 Å². The Kier molecular flexibility index (Phi) is 6.54. The molecule has 4 aliphatic rings. The minimum Gasteiger partial charge on any atom is -0.501 e. The highest BCUT2D eigenvalue weighted by Crippen LogP contribution is 2.49. The molecule has 0 aromatic rings. The fourth-order valence-electron chi connectivity index (χ4n) is 5.55. The molecule has 30 heavy (non-hydrogen) atoms. The molecule has 1 heterocycles. The lowest BCUT2D eigenvalue weighted by Crippen LogP contribution is -2.50. The van der Waals surface area contributed by atoms with Gasteiger partial charge in [0.1, 0.15) is 11.5 Å². The molecule has 1 fully saturated rings. The quantitative estimate of drug-likeness (QED) is 0.706. The summed E-state index contributed by atoms with van der Waals surface area (Å²) in [6.07, 6.45) is 9.22. The minimum atomic E-state index is -0.868. The second-order valence-electron chi connectivity index (χ2n) is 9.04. The number of ketones is 1. The third-order valence-electron chi connectivity index (χ3n) is 7.36. The normalized spacial score (nSPS) is 36.1. The SMILES string of the molecule is COC1=CC[C@@H](COC2=C(OC)C[C@H]3C4CCC(C(C)=O)=C[C@H]4[C@@H](O)O[C@H]3C2)CC1. The monoisotopic (exact) mass is 418 g/mol. The van der Waals surface area contributed by atoms with Crippen LogP contribution in [0.1, 0.15) is 51.9 Å². The molecule has 0 spiro atoms. The molecule has 0 amide bonds. The number of hydrogen-bond acceptors (Lipinski definition) is 6. The number of fused-ring (bicyclic) bond motifs is 3. The van der Waals surface area contributed by atoms with E-state index < -0.39 is 6.29 Å². The van der Waals surface area contributed by atoms with Gasteiger partial charge < -0.3 is 24.1 Å². The molecular formula is C24H34O6. The van der Waals surface area contributed by atoms with E-state index in [2.05, 4.69) is 6.08 Å². The Hall–Kier alpha value is -1.79. The highest BCUT2D eigenvalue weighted by Gasteiger charge is 2.48. The molecule has 0 aromatic heterocycles. The second-order valence-corrected chi connectivity index (χ2v) is 9.04. The van der Waals surface area contributed by atoms with Crippen molar-refractivity contribution in [2.45, 2.75) is 64.3 Å². The van der Waals surface area contributed by atoms with Crippen LogP contribution in [0.5, 0.6) is 0 Å². The lowest BCUT2D eigenvalue weighted by Gasteiger charge is -2.48. The van der Waals surface area contributed by atoms with E-state index in [0.717, 1.165) is 61.4 Å². The van der Waals surface area contributed by atoms with Crippen molar-refractivity contribution in [2.24, 2.45) is 23.7 Å². The van der Waals surface area contributed by atoms with Gasteiger partial charge in [-0.25, -0.2) is 0 Å². The fraction of sp³-hybridized carbons (Fsp3) is 0.708. The highest BCUT2D eigenvalue weighted by atomic mass is 16.6. The molecule has 0 bridgehead atoms. The molecule has 0 radical (unpaired) electrons. The number of rotatable bonds is 6. The molecule has 6 atom stereocenters. The Morgan fingerprint density at radius 1 is 1.13 bits per heavy atom. The van der Waals surface area contributed by atoms with Crippen LogP contribution in [0.3, 0.4) is 0 Å². The molecule has 6 heteroatoms. The lowest BCUT2D eigenvalue weighted by atomic mass is 9.66. The molecule has 1 N–H and O–H groups in total. The summed E-state index contributed by atoms with van der Waals surface area (Å²) in [7, 11) is 3.43. The molecule has 4 rings (SSSR count). The Morgan fingerprint density at radius 2 is 1.97 bits per heavy atom. The van der Waals surface area contributed by atoms with Crippen molar-refractivity contribution >= 4 is 5.78 Å². The van der Waals surface area contributed by atoms with Crippen LogP contribution in [0.25, 0.3) is 0 Å². The Morgan fingerprint density at radius 3 is 2.63 bits per heavy atom. The topological polar surface area (TPSA) is 74.2 Å². The number of allylic oxidation sites excluding steroid dienone is 4. The van der Waals surface area contributed by atoms with Crippen molar-refractivity contribution in [1.29, 1.82) is 0 Å². The van der Waals surface area contributed by atoms with E-state index in [1.165, 1.54) is 0 Å². The third-order valence-corrected chi connectivity index (χ3v) is 7.36. The molecule has 1 saturated heterocycles. The van der Waals surface area contributed by atoms with Gasteiger partial charge in [0.15, 0.2) is 12.1 Å². The van der Waals surface area contributed by atoms with Crippen molar-refractivity contribution < 1.29 is 28.8 Å². The zero-order valence-corrected chi connectivity index (χ0v) is 18.3. The predicted octanol–water partition coefficient (Wildman–Crippen LogP) is 3.86. The largest absolute Gasteiger partial charge is 0.501 e. The molecule has 0 aromatic carbocycles. The maximum Gasteiger partial charge on any atom is 0.161 e. The van der Waals surface area contributed by atoms with Gasteiger partial charge in [0, 0.05) is 25.2 Å². The van der Waals surface area contributed by atoms with Crippen LogP contribution in [0, 0.1) is 23.7 Å². The molecule has 166 valence electrons. The van der Waals surface area contributed by atoms with Gasteiger partial charge in [0.25, 0.3) is 0 Å². The Balaban J connectivity index is 1.44. The first kappa shape index (κ1) is 21.4. The maximum atomic E-state index is 11.8. The smallest absolute Gasteiger partial charge is 0.161 e. The van der Waals surface area contributed by atoms with Gasteiger partial charge in [-0.15, -0.1) is 0 Å². The van der Waals surface area contributed by atoms with E-state index in [0.29, 0.717) is 24.9 Å². The van der Waals surface area contributed by atoms with Gasteiger partial charge >= 0.3 is 0 Å². The van der Waals surface area contributed by atoms with Crippen LogP contribution in [0.15, 0.2) is 35.0 Å². The number of carbonyl (C=O) groups excluding carboxylic acids is 1. The van der Waals surface area contributed by atoms with E-state index >= 15 is 0 Å². The van der Waals surface area contributed by atoms with Gasteiger partial charge in [-0.05, 0) is 62.0 Å². The molecule has 1 aliphatic heterocycles. The van der Waals surface area contributed by atoms with Crippen molar-refractivity contribution in [1.82, 2.24) is 0 Å². The fourth-order valence-corrected chi connectivity index (χ4v) is 5.55. The predicted molar refractivity (Wildman–Crippen MR) is 111 cm³/mol. The van der Waals surface area contributed by atoms with Gasteiger partial charge in [-0.2, -0.15) is 0 Å². The van der Waals surface area contributed by atoms with E-state index in [1.807, 2.05) is 6.08 Å². The van der Waals surface area contributed by atoms with Crippen LogP contribution in [0.2, 0.25) is 0 Å². The van der Waals surface area contributed by atoms with Gasteiger partial charge in [-0.3, -0.25) is 4.79 Å². The van der Waals surface area contributed by atoms with Gasteiger partial charge in [0.2, 0.25) is 0 Å². The maximum absolute atomic E-state index is 11.8. The number of hydrogen-bond donors (Lipinski definition) is 1. The molecule has 6 nitrogen and oxygen atoms in total. The van der Waals surface area contributed by atoms with E-state index in [4.69, 9.17) is 18.9 Å². The summed E-state index contributed by atoms with van der Waals surface area (Å²) in [6, 6.07) is 0. The third kappa shape index (κ3) is 4.30. The van der Waals surface area contributed by atoms with Crippen molar-refractivity contribution in [3.05, 3.63) is 35.0 Å². The number of aliphatic hydroxyl groups excluding tert-OH is 1. The number of ether oxygens (including phenoxy) is 4. The van der Waals surface area contributed by atoms with E-state index in [1.54, 1.807) is 21.1 Å². The number of aliphatic hydroxyl groups is 1. The van der Waals surface area contributed by atoms with E-state index in [9.17, 15) is 9.90 Å². The molecular weight excluding hydrogens is 384 g/mol. The summed E-state index contributed by atoms with van der Waals surface area (Å²) >= 11 is 0. The van der Waals surface area contributed by atoms with Crippen LogP contribution in [-0.2, 0) is 23.7 Å². The van der Waals surface area contributed by atoms with Crippen molar-refractivity contribution in [3.8, 4) is 0 Å². The molecule has 0 saturated carbocycles. The summed E-state index contributed by atoms with van der Waals surface area (Å²) in [4.78, 5) is 11.8. The first-order chi connectivity index (χ1) is 14.5. The van der Waals surface area contributed by atoms with Gasteiger partial charge in [0.05, 0.1) is 32.7 Å². The second kappa shape index (κ2) is 9.15. The summed E-state index contributed by atoms with van der Waals surface area (Å²) in [5, 5.41) is 10.6. The van der Waals surface area contributed by atoms with Crippen molar-refractivity contribution in [2.75, 3.05) is 20.8 Å². The van der Waals surface area contributed by atoms with Crippen LogP contribution >= 0.6 is 0 Å². The van der Waals surface area contributed by atoms with Crippen LogP contribution in [0.4, 0.5) is 0 Å². The summed E-state index contributed by atoms with van der Waals surface area (Å²) in [5.74, 6) is 3.84. The average Bonchev–Trinajstić information content (AvgIpc) is 2.77. The summed E-state index contributed by atoms with van der Waals surface area (Å²) in [6.45, 7) is 2.26. The minimum absolute atomic E-state index is 0.0752. The van der Waals surface area contributed by atoms with E-state index in [-0.39, 0.29) is 23.7 Å². The summed E-state index contributed by atoms with van der Waals surface area (Å²) < 4.78 is 23.3. The number of Topliss-reactive ketones (excluding diaryl/α,β-unsaturated/α-hetero) is 1. The first-order valence-corrected chi connectivity index (χ1v) is 11.2. The highest BCUT2D eigenvalue weighted by molar-refractivity contribution is 5.93. The van der Waals surface area contributed by atoms with Crippen LogP contribution < -0.4 is 0 Å². The molecule has 3 aliphatic carbocycles. The average molecular weight is 419 g/mol. The van der Waals surface area contributed by atoms with Gasteiger partial charge in [-0.1, -0.05) is 6.08 Å². The molecule has 1 unspecified atom stereocenters. The lowest BCUT2D eigenvalue weighted by molar-refractivity contribution is -0.230. The van der Waals surface area contributed by atoms with Crippen LogP contribution in [-0.4, -0.2) is 44.1 Å². The van der Waals surface area contributed by atoms with Crippen molar-refractivity contribution in [3.63, 3.8) is 0 Å². The zero-order chi connectivity index (χ0) is 21.3. The Bertz CT molecular complexity index is 751. The number of methoxy groups -OCH3 is 2. The first-order valence-electron chi connectivity index (χ1n) is 11.2. The number of carbonyl (C=O) groups is 1.